The van der Waals surface area contributed by atoms with Crippen LogP contribution >= 0.6 is 15.9 Å². The number of anilines is 1. The molecule has 3 fully saturated rings. The van der Waals surface area contributed by atoms with Crippen LogP contribution in [-0.2, 0) is 6.54 Å². The van der Waals surface area contributed by atoms with Crippen molar-refractivity contribution < 1.29 is 0 Å². The van der Waals surface area contributed by atoms with Crippen molar-refractivity contribution in [3.63, 3.8) is 0 Å². The van der Waals surface area contributed by atoms with Gasteiger partial charge in [-0.05, 0) is 46.5 Å². The van der Waals surface area contributed by atoms with E-state index in [0.29, 0.717) is 29.5 Å². The molecule has 108 valence electrons. The zero-order valence-electron chi connectivity index (χ0n) is 11.3. The van der Waals surface area contributed by atoms with Crippen LogP contribution < -0.4 is 16.2 Å². The maximum Gasteiger partial charge on any atom is 0.291 e. The first-order valence-electron chi connectivity index (χ1n) is 7.47. The van der Waals surface area contributed by atoms with E-state index >= 15 is 0 Å². The highest BCUT2D eigenvalue weighted by molar-refractivity contribution is 9.10. The van der Waals surface area contributed by atoms with Crippen LogP contribution in [0.3, 0.4) is 0 Å². The molecule has 0 amide bonds. The van der Waals surface area contributed by atoms with Crippen LogP contribution in [0, 0.1) is 17.8 Å². The van der Waals surface area contributed by atoms with Crippen LogP contribution in [0.5, 0.6) is 0 Å². The van der Waals surface area contributed by atoms with Crippen LogP contribution in [0.1, 0.15) is 19.3 Å². The van der Waals surface area contributed by atoms with Gasteiger partial charge < -0.3 is 10.6 Å². The smallest absolute Gasteiger partial charge is 0.291 e. The second kappa shape index (κ2) is 4.84. The number of halogens is 1. The van der Waals surface area contributed by atoms with E-state index in [1.807, 2.05) is 0 Å². The van der Waals surface area contributed by atoms with Crippen LogP contribution in [0.4, 0.5) is 5.69 Å². The molecule has 2 heterocycles. The van der Waals surface area contributed by atoms with Crippen molar-refractivity contribution in [1.29, 1.82) is 0 Å². The molecular weight excluding hydrogens is 320 g/mol. The standard InChI is InChI=1S/C14H19BrN4O/c15-11-6-17-19(7-8-2-1-3-8)14(20)13(11)18-12-9-4-16-5-10(9)12/h6,8-10,12,16,18H,1-5,7H2. The molecular formula is C14H19BrN4O. The summed E-state index contributed by atoms with van der Waals surface area (Å²) in [7, 11) is 0. The third kappa shape index (κ3) is 2.09. The first-order valence-corrected chi connectivity index (χ1v) is 8.26. The average Bonchev–Trinajstić information content (AvgIpc) is 2.82. The fraction of sp³-hybridized carbons (Fsp3) is 0.714. The first kappa shape index (κ1) is 12.8. The van der Waals surface area contributed by atoms with Crippen LogP contribution in [0.2, 0.25) is 0 Å². The number of rotatable bonds is 4. The number of fused-ring (bicyclic) bond motifs is 1. The maximum absolute atomic E-state index is 12.5. The summed E-state index contributed by atoms with van der Waals surface area (Å²) in [6.45, 7) is 2.91. The molecule has 20 heavy (non-hydrogen) atoms. The number of nitrogens with one attached hydrogen (secondary N) is 2. The van der Waals surface area contributed by atoms with Gasteiger partial charge in [0.05, 0.1) is 10.7 Å². The molecule has 1 saturated heterocycles. The quantitative estimate of drug-likeness (QED) is 0.872. The van der Waals surface area contributed by atoms with Crippen LogP contribution in [-0.4, -0.2) is 28.9 Å². The third-order valence-electron chi connectivity index (χ3n) is 5.06. The molecule has 1 aliphatic heterocycles. The predicted molar refractivity (Wildman–Crippen MR) is 80.8 cm³/mol. The average molecular weight is 339 g/mol. The fourth-order valence-corrected chi connectivity index (χ4v) is 3.82. The lowest BCUT2D eigenvalue weighted by molar-refractivity contribution is 0.262. The van der Waals surface area contributed by atoms with Gasteiger partial charge in [0, 0.05) is 25.7 Å². The summed E-state index contributed by atoms with van der Waals surface area (Å²) in [6.07, 6.45) is 5.50. The lowest BCUT2D eigenvalue weighted by atomic mass is 9.85. The summed E-state index contributed by atoms with van der Waals surface area (Å²) >= 11 is 3.46. The zero-order valence-corrected chi connectivity index (χ0v) is 12.9. The Morgan fingerprint density at radius 2 is 2.15 bits per heavy atom. The van der Waals surface area contributed by atoms with E-state index in [2.05, 4.69) is 31.7 Å². The number of aromatic nitrogens is 2. The highest BCUT2D eigenvalue weighted by Gasteiger charge is 2.53. The van der Waals surface area contributed by atoms with Gasteiger partial charge in [-0.2, -0.15) is 5.10 Å². The molecule has 0 bridgehead atoms. The summed E-state index contributed by atoms with van der Waals surface area (Å²) in [6, 6.07) is 0.458. The summed E-state index contributed by atoms with van der Waals surface area (Å²) in [4.78, 5) is 12.5. The fourth-order valence-electron chi connectivity index (χ4n) is 3.45. The van der Waals surface area contributed by atoms with Crippen molar-refractivity contribution in [2.75, 3.05) is 18.4 Å². The normalized spacial score (nSPS) is 31.8. The van der Waals surface area contributed by atoms with Crippen molar-refractivity contribution in [3.05, 3.63) is 21.0 Å². The van der Waals surface area contributed by atoms with Crippen molar-refractivity contribution in [2.45, 2.75) is 31.8 Å². The van der Waals surface area contributed by atoms with E-state index in [-0.39, 0.29) is 5.56 Å². The van der Waals surface area contributed by atoms with Gasteiger partial charge in [0.15, 0.2) is 0 Å². The molecule has 2 unspecified atom stereocenters. The molecule has 3 aliphatic rings. The largest absolute Gasteiger partial charge is 0.376 e. The van der Waals surface area contributed by atoms with Gasteiger partial charge in [-0.15, -0.1) is 0 Å². The lowest BCUT2D eigenvalue weighted by Crippen LogP contribution is -2.32. The zero-order chi connectivity index (χ0) is 13.7. The van der Waals surface area contributed by atoms with E-state index in [1.54, 1.807) is 10.9 Å². The Bertz CT molecular complexity index is 573. The topological polar surface area (TPSA) is 59.0 Å². The van der Waals surface area contributed by atoms with Gasteiger partial charge in [0.2, 0.25) is 0 Å². The summed E-state index contributed by atoms with van der Waals surface area (Å²) < 4.78 is 2.41. The molecule has 0 radical (unpaired) electrons. The van der Waals surface area contributed by atoms with Gasteiger partial charge in [-0.1, -0.05) is 6.42 Å². The van der Waals surface area contributed by atoms with Gasteiger partial charge in [-0.3, -0.25) is 4.79 Å². The Hall–Kier alpha value is -0.880. The first-order chi connectivity index (χ1) is 9.74. The van der Waals surface area contributed by atoms with E-state index in [9.17, 15) is 4.79 Å². The number of piperidine rings is 1. The minimum absolute atomic E-state index is 0.0178. The Balaban J connectivity index is 1.54. The molecule has 2 aliphatic carbocycles. The molecule has 6 heteroatoms. The molecule has 2 atom stereocenters. The van der Waals surface area contributed by atoms with E-state index in [4.69, 9.17) is 0 Å². The second-order valence-corrected chi connectivity index (χ2v) is 7.16. The molecule has 1 aromatic rings. The Morgan fingerprint density at radius 3 is 2.80 bits per heavy atom. The maximum atomic E-state index is 12.5. The Morgan fingerprint density at radius 1 is 1.40 bits per heavy atom. The minimum Gasteiger partial charge on any atom is -0.376 e. The molecule has 4 rings (SSSR count). The molecule has 0 aromatic carbocycles. The monoisotopic (exact) mass is 338 g/mol. The molecule has 0 spiro atoms. The molecule has 2 N–H and O–H groups in total. The number of hydrogen-bond donors (Lipinski definition) is 2. The Labute approximate surface area is 126 Å². The molecule has 2 saturated carbocycles. The molecule has 5 nitrogen and oxygen atoms in total. The summed E-state index contributed by atoms with van der Waals surface area (Å²) in [5.41, 5.74) is 0.711. The number of hydrogen-bond acceptors (Lipinski definition) is 4. The van der Waals surface area contributed by atoms with Crippen LogP contribution in [0.15, 0.2) is 15.5 Å². The third-order valence-corrected chi connectivity index (χ3v) is 5.66. The lowest BCUT2D eigenvalue weighted by Gasteiger charge is -2.25. The predicted octanol–water partition coefficient (Wildman–Crippen LogP) is 1.44. The summed E-state index contributed by atoms with van der Waals surface area (Å²) in [5.74, 6) is 2.02. The van der Waals surface area contributed by atoms with Crippen LogP contribution in [0.25, 0.3) is 0 Å². The van der Waals surface area contributed by atoms with Gasteiger partial charge >= 0.3 is 0 Å². The van der Waals surface area contributed by atoms with Gasteiger partial charge in [-0.25, -0.2) is 4.68 Å². The Kier molecular flexibility index (Phi) is 3.11. The van der Waals surface area contributed by atoms with Crippen molar-refractivity contribution in [3.8, 4) is 0 Å². The van der Waals surface area contributed by atoms with E-state index in [0.717, 1.165) is 24.1 Å². The van der Waals surface area contributed by atoms with Crippen molar-refractivity contribution in [2.24, 2.45) is 17.8 Å². The summed E-state index contributed by atoms with van der Waals surface area (Å²) in [5, 5.41) is 11.1. The van der Waals surface area contributed by atoms with E-state index in [1.165, 1.54) is 19.3 Å². The van der Waals surface area contributed by atoms with Crippen molar-refractivity contribution >= 4 is 21.6 Å². The van der Waals surface area contributed by atoms with E-state index < -0.39 is 0 Å². The highest BCUT2D eigenvalue weighted by atomic mass is 79.9. The highest BCUT2D eigenvalue weighted by Crippen LogP contribution is 2.43. The molecule has 1 aromatic heterocycles. The SMILES string of the molecule is O=c1c(NC2C3CNCC32)c(Br)cnn1CC1CCC1. The second-order valence-electron chi connectivity index (χ2n) is 6.31. The number of nitrogens with zero attached hydrogens (tertiary/aromatic N) is 2. The van der Waals surface area contributed by atoms with Gasteiger partial charge in [0.1, 0.15) is 5.69 Å². The van der Waals surface area contributed by atoms with Crippen molar-refractivity contribution in [1.82, 2.24) is 15.1 Å². The minimum atomic E-state index is 0.0178. The van der Waals surface area contributed by atoms with Gasteiger partial charge in [0.25, 0.3) is 5.56 Å².